The van der Waals surface area contributed by atoms with Gasteiger partial charge in [-0.2, -0.15) is 0 Å². The highest BCUT2D eigenvalue weighted by Crippen LogP contribution is 2.14. The molecule has 18 heavy (non-hydrogen) atoms. The second-order valence-corrected chi connectivity index (χ2v) is 4.24. The molecule has 3 nitrogen and oxygen atoms in total. The van der Waals surface area contributed by atoms with Crippen molar-refractivity contribution < 1.29 is 4.79 Å². The third-order valence-electron chi connectivity index (χ3n) is 2.93. The van der Waals surface area contributed by atoms with Crippen molar-refractivity contribution in [1.29, 1.82) is 0 Å². The van der Waals surface area contributed by atoms with Gasteiger partial charge in [-0.1, -0.05) is 30.3 Å². The highest BCUT2D eigenvalue weighted by atomic mass is 16.1. The van der Waals surface area contributed by atoms with Gasteiger partial charge in [-0.3, -0.25) is 9.78 Å². The third kappa shape index (κ3) is 1.70. The molecule has 0 fully saturated rings. The molecule has 0 bridgehead atoms. The van der Waals surface area contributed by atoms with Crippen LogP contribution < -0.4 is 0 Å². The minimum Gasteiger partial charge on any atom is -0.310 e. The van der Waals surface area contributed by atoms with Crippen molar-refractivity contribution >= 4 is 11.3 Å². The molecule has 1 aromatic carbocycles. The maximum atomic E-state index is 12.4. The Kier molecular flexibility index (Phi) is 2.45. The Bertz CT molecular complexity index is 714. The Morgan fingerprint density at radius 2 is 1.89 bits per heavy atom. The fourth-order valence-corrected chi connectivity index (χ4v) is 2.02. The maximum absolute atomic E-state index is 12.4. The summed E-state index contributed by atoms with van der Waals surface area (Å²) < 4.78 is 1.89. The van der Waals surface area contributed by atoms with Crippen LogP contribution in [0.15, 0.2) is 54.9 Å². The normalized spacial score (nSPS) is 10.7. The summed E-state index contributed by atoms with van der Waals surface area (Å²) >= 11 is 0. The topological polar surface area (TPSA) is 34.4 Å². The average molecular weight is 236 g/mol. The lowest BCUT2D eigenvalue weighted by Crippen LogP contribution is -2.05. The Morgan fingerprint density at radius 3 is 2.67 bits per heavy atom. The number of benzene rings is 1. The van der Waals surface area contributed by atoms with Crippen LogP contribution in [0.2, 0.25) is 0 Å². The third-order valence-corrected chi connectivity index (χ3v) is 2.93. The van der Waals surface area contributed by atoms with Crippen molar-refractivity contribution in [1.82, 2.24) is 9.38 Å². The van der Waals surface area contributed by atoms with Crippen LogP contribution in [-0.4, -0.2) is 15.2 Å². The van der Waals surface area contributed by atoms with Gasteiger partial charge in [-0.25, -0.2) is 0 Å². The first kappa shape index (κ1) is 10.7. The summed E-state index contributed by atoms with van der Waals surface area (Å²) in [5, 5.41) is 0. The van der Waals surface area contributed by atoms with Gasteiger partial charge in [0.05, 0.1) is 23.1 Å². The van der Waals surface area contributed by atoms with E-state index in [1.54, 1.807) is 6.20 Å². The van der Waals surface area contributed by atoms with Crippen LogP contribution in [0, 0.1) is 6.92 Å². The summed E-state index contributed by atoms with van der Waals surface area (Å²) in [6.45, 7) is 1.91. The van der Waals surface area contributed by atoms with Crippen LogP contribution in [0.3, 0.4) is 0 Å². The van der Waals surface area contributed by atoms with Crippen LogP contribution in [0.1, 0.15) is 21.7 Å². The molecule has 0 spiro atoms. The molecule has 0 N–H and O–H groups in total. The standard InChI is InChI=1S/C15H12N2O/c1-11-10-17-13(9-16-11)7-8-14(17)15(18)12-5-3-2-4-6-12/h2-10H,1H3. The van der Waals surface area contributed by atoms with Crippen LogP contribution in [0.4, 0.5) is 0 Å². The Hall–Kier alpha value is -2.42. The van der Waals surface area contributed by atoms with Crippen LogP contribution in [0.25, 0.3) is 5.52 Å². The van der Waals surface area contributed by atoms with Crippen molar-refractivity contribution in [3.8, 4) is 0 Å². The molecular weight excluding hydrogens is 224 g/mol. The zero-order valence-corrected chi connectivity index (χ0v) is 10.00. The van der Waals surface area contributed by atoms with E-state index in [0.717, 1.165) is 11.2 Å². The predicted octanol–water partition coefficient (Wildman–Crippen LogP) is 2.87. The Morgan fingerprint density at radius 1 is 1.11 bits per heavy atom. The molecule has 0 amide bonds. The van der Waals surface area contributed by atoms with E-state index in [0.29, 0.717) is 11.3 Å². The van der Waals surface area contributed by atoms with Gasteiger partial charge >= 0.3 is 0 Å². The number of aryl methyl sites for hydroxylation is 1. The molecule has 2 aromatic heterocycles. The SMILES string of the molecule is Cc1cn2c(C(=O)c3ccccc3)ccc2cn1. The van der Waals surface area contributed by atoms with Crippen molar-refractivity contribution in [2.45, 2.75) is 6.92 Å². The predicted molar refractivity (Wildman–Crippen MR) is 69.8 cm³/mol. The summed E-state index contributed by atoms with van der Waals surface area (Å²) in [6.07, 6.45) is 3.66. The first-order valence-corrected chi connectivity index (χ1v) is 5.79. The maximum Gasteiger partial charge on any atom is 0.209 e. The molecule has 3 heteroatoms. The zero-order valence-electron chi connectivity index (χ0n) is 10.00. The molecular formula is C15H12N2O. The van der Waals surface area contributed by atoms with E-state index in [1.165, 1.54) is 0 Å². The number of carbonyl (C=O) groups is 1. The highest BCUT2D eigenvalue weighted by Gasteiger charge is 2.12. The minimum absolute atomic E-state index is 0.0289. The second kappa shape index (κ2) is 4.11. The number of ketones is 1. The first-order chi connectivity index (χ1) is 8.75. The molecule has 0 atom stereocenters. The van der Waals surface area contributed by atoms with Crippen LogP contribution in [0.5, 0.6) is 0 Å². The molecule has 0 radical (unpaired) electrons. The average Bonchev–Trinajstić information content (AvgIpc) is 2.82. The van der Waals surface area contributed by atoms with Gasteiger partial charge in [0.1, 0.15) is 0 Å². The lowest BCUT2D eigenvalue weighted by molar-refractivity contribution is 0.103. The van der Waals surface area contributed by atoms with Gasteiger partial charge in [0.25, 0.3) is 0 Å². The smallest absolute Gasteiger partial charge is 0.209 e. The van der Waals surface area contributed by atoms with Gasteiger partial charge in [0.15, 0.2) is 0 Å². The Balaban J connectivity index is 2.15. The highest BCUT2D eigenvalue weighted by molar-refractivity contribution is 6.08. The van der Waals surface area contributed by atoms with Crippen molar-refractivity contribution in [2.75, 3.05) is 0 Å². The van der Waals surface area contributed by atoms with E-state index >= 15 is 0 Å². The van der Waals surface area contributed by atoms with Crippen molar-refractivity contribution in [3.63, 3.8) is 0 Å². The fourth-order valence-electron chi connectivity index (χ4n) is 2.02. The van der Waals surface area contributed by atoms with Gasteiger partial charge in [-0.15, -0.1) is 0 Å². The van der Waals surface area contributed by atoms with Gasteiger partial charge in [0, 0.05) is 11.8 Å². The molecule has 3 aromatic rings. The van der Waals surface area contributed by atoms with E-state index in [1.807, 2.05) is 60.0 Å². The van der Waals surface area contributed by atoms with E-state index in [-0.39, 0.29) is 5.78 Å². The second-order valence-electron chi connectivity index (χ2n) is 4.24. The molecule has 0 unspecified atom stereocenters. The van der Waals surface area contributed by atoms with E-state index < -0.39 is 0 Å². The van der Waals surface area contributed by atoms with Gasteiger partial charge in [-0.05, 0) is 19.1 Å². The number of rotatable bonds is 2. The zero-order chi connectivity index (χ0) is 12.5. The summed E-state index contributed by atoms with van der Waals surface area (Å²) in [4.78, 5) is 16.6. The molecule has 3 rings (SSSR count). The molecule has 0 saturated heterocycles. The number of hydrogen-bond acceptors (Lipinski definition) is 2. The Labute approximate surface area is 105 Å². The number of hydrogen-bond donors (Lipinski definition) is 0. The largest absolute Gasteiger partial charge is 0.310 e. The van der Waals surface area contributed by atoms with Crippen molar-refractivity contribution in [2.24, 2.45) is 0 Å². The lowest BCUT2D eigenvalue weighted by Gasteiger charge is -2.03. The van der Waals surface area contributed by atoms with Crippen molar-refractivity contribution in [3.05, 3.63) is 71.8 Å². The fraction of sp³-hybridized carbons (Fsp3) is 0.0667. The monoisotopic (exact) mass is 236 g/mol. The summed E-state index contributed by atoms with van der Waals surface area (Å²) in [6, 6.07) is 13.0. The number of aromatic nitrogens is 2. The molecule has 88 valence electrons. The number of fused-ring (bicyclic) bond motifs is 1. The molecule has 2 heterocycles. The van der Waals surface area contributed by atoms with Crippen LogP contribution in [-0.2, 0) is 0 Å². The van der Waals surface area contributed by atoms with Crippen LogP contribution >= 0.6 is 0 Å². The van der Waals surface area contributed by atoms with Gasteiger partial charge < -0.3 is 4.40 Å². The van der Waals surface area contributed by atoms with E-state index in [9.17, 15) is 4.79 Å². The summed E-state index contributed by atoms with van der Waals surface area (Å²) in [5.74, 6) is 0.0289. The number of carbonyl (C=O) groups excluding carboxylic acids is 1. The number of nitrogens with zero attached hydrogens (tertiary/aromatic N) is 2. The molecule has 0 aliphatic rings. The molecule has 0 aliphatic heterocycles. The lowest BCUT2D eigenvalue weighted by atomic mass is 10.1. The quantitative estimate of drug-likeness (QED) is 0.641. The molecule has 0 aliphatic carbocycles. The summed E-state index contributed by atoms with van der Waals surface area (Å²) in [7, 11) is 0. The minimum atomic E-state index is 0.0289. The molecule has 0 saturated carbocycles. The first-order valence-electron chi connectivity index (χ1n) is 5.79. The van der Waals surface area contributed by atoms with E-state index in [4.69, 9.17) is 0 Å². The summed E-state index contributed by atoms with van der Waals surface area (Å²) in [5.41, 5.74) is 3.19. The van der Waals surface area contributed by atoms with E-state index in [2.05, 4.69) is 4.98 Å². The van der Waals surface area contributed by atoms with Gasteiger partial charge in [0.2, 0.25) is 5.78 Å².